The molecule has 1 aromatic heterocycles. The SMILES string of the molecule is CN(Cc1cncs1)CC1CCNC1. The van der Waals surface area contributed by atoms with Gasteiger partial charge in [0, 0.05) is 24.2 Å². The highest BCUT2D eigenvalue weighted by atomic mass is 32.1. The zero-order valence-electron chi connectivity index (χ0n) is 8.57. The molecular weight excluding hydrogens is 194 g/mol. The molecule has 14 heavy (non-hydrogen) atoms. The molecule has 0 saturated carbocycles. The molecule has 78 valence electrons. The second-order valence-corrected chi connectivity index (χ2v) is 4.99. The zero-order valence-corrected chi connectivity index (χ0v) is 9.39. The zero-order chi connectivity index (χ0) is 9.80. The summed E-state index contributed by atoms with van der Waals surface area (Å²) in [6, 6.07) is 0. The van der Waals surface area contributed by atoms with E-state index < -0.39 is 0 Å². The largest absolute Gasteiger partial charge is 0.316 e. The number of rotatable bonds is 4. The van der Waals surface area contributed by atoms with Gasteiger partial charge in [-0.2, -0.15) is 0 Å². The first kappa shape index (κ1) is 10.1. The quantitative estimate of drug-likeness (QED) is 0.810. The van der Waals surface area contributed by atoms with E-state index in [9.17, 15) is 0 Å². The van der Waals surface area contributed by atoms with E-state index in [0.717, 1.165) is 12.5 Å². The first-order valence-electron chi connectivity index (χ1n) is 5.11. The summed E-state index contributed by atoms with van der Waals surface area (Å²) in [7, 11) is 2.19. The molecule has 2 rings (SSSR count). The van der Waals surface area contributed by atoms with Crippen molar-refractivity contribution in [3.05, 3.63) is 16.6 Å². The third kappa shape index (κ3) is 2.77. The summed E-state index contributed by atoms with van der Waals surface area (Å²) in [5.41, 5.74) is 1.90. The van der Waals surface area contributed by atoms with Crippen LogP contribution in [-0.4, -0.2) is 36.6 Å². The first-order chi connectivity index (χ1) is 6.84. The minimum atomic E-state index is 0.841. The number of nitrogens with zero attached hydrogens (tertiary/aromatic N) is 2. The molecule has 0 amide bonds. The van der Waals surface area contributed by atoms with Crippen LogP contribution in [0.25, 0.3) is 0 Å². The Morgan fingerprint density at radius 1 is 1.71 bits per heavy atom. The van der Waals surface area contributed by atoms with Crippen molar-refractivity contribution in [2.45, 2.75) is 13.0 Å². The average Bonchev–Trinajstić information content (AvgIpc) is 2.76. The Kier molecular flexibility index (Phi) is 3.50. The van der Waals surface area contributed by atoms with Crippen molar-refractivity contribution in [1.82, 2.24) is 15.2 Å². The Morgan fingerprint density at radius 3 is 3.29 bits per heavy atom. The van der Waals surface area contributed by atoms with Crippen molar-refractivity contribution in [2.75, 3.05) is 26.7 Å². The van der Waals surface area contributed by atoms with E-state index >= 15 is 0 Å². The van der Waals surface area contributed by atoms with Gasteiger partial charge in [-0.1, -0.05) is 0 Å². The van der Waals surface area contributed by atoms with E-state index in [-0.39, 0.29) is 0 Å². The molecule has 1 aliphatic heterocycles. The maximum absolute atomic E-state index is 4.09. The fourth-order valence-electron chi connectivity index (χ4n) is 1.96. The molecule has 1 aromatic rings. The highest BCUT2D eigenvalue weighted by Crippen LogP contribution is 2.12. The number of thiazole rings is 1. The average molecular weight is 211 g/mol. The van der Waals surface area contributed by atoms with Gasteiger partial charge >= 0.3 is 0 Å². The first-order valence-corrected chi connectivity index (χ1v) is 5.99. The molecular formula is C10H17N3S. The molecule has 3 nitrogen and oxygen atoms in total. The fourth-order valence-corrected chi connectivity index (χ4v) is 2.64. The number of nitrogens with one attached hydrogen (secondary N) is 1. The van der Waals surface area contributed by atoms with Gasteiger partial charge in [0.15, 0.2) is 0 Å². The van der Waals surface area contributed by atoms with E-state index in [1.54, 1.807) is 11.3 Å². The van der Waals surface area contributed by atoms with Crippen LogP contribution in [0.2, 0.25) is 0 Å². The van der Waals surface area contributed by atoms with E-state index in [0.29, 0.717) is 0 Å². The molecule has 4 heteroatoms. The molecule has 0 spiro atoms. The van der Waals surface area contributed by atoms with Gasteiger partial charge in [-0.3, -0.25) is 4.98 Å². The van der Waals surface area contributed by atoms with Crippen LogP contribution in [0, 0.1) is 5.92 Å². The van der Waals surface area contributed by atoms with Crippen LogP contribution in [0.15, 0.2) is 11.7 Å². The van der Waals surface area contributed by atoms with Gasteiger partial charge in [-0.05, 0) is 32.5 Å². The van der Waals surface area contributed by atoms with Crippen molar-refractivity contribution in [3.63, 3.8) is 0 Å². The topological polar surface area (TPSA) is 28.2 Å². The molecule has 1 atom stereocenters. The minimum Gasteiger partial charge on any atom is -0.316 e. The van der Waals surface area contributed by atoms with Crippen molar-refractivity contribution in [2.24, 2.45) is 5.92 Å². The minimum absolute atomic E-state index is 0.841. The van der Waals surface area contributed by atoms with Gasteiger partial charge in [0.25, 0.3) is 0 Å². The van der Waals surface area contributed by atoms with E-state index in [1.807, 2.05) is 11.7 Å². The number of aromatic nitrogens is 1. The van der Waals surface area contributed by atoms with Gasteiger partial charge < -0.3 is 10.2 Å². The monoisotopic (exact) mass is 211 g/mol. The molecule has 0 radical (unpaired) electrons. The van der Waals surface area contributed by atoms with Crippen LogP contribution in [0.3, 0.4) is 0 Å². The highest BCUT2D eigenvalue weighted by Gasteiger charge is 2.16. The predicted octanol–water partition coefficient (Wildman–Crippen LogP) is 1.18. The van der Waals surface area contributed by atoms with Gasteiger partial charge in [-0.25, -0.2) is 0 Å². The summed E-state index contributed by atoms with van der Waals surface area (Å²) in [4.78, 5) is 7.84. The van der Waals surface area contributed by atoms with Crippen molar-refractivity contribution < 1.29 is 0 Å². The van der Waals surface area contributed by atoms with Crippen LogP contribution in [0.1, 0.15) is 11.3 Å². The molecule has 1 N–H and O–H groups in total. The Bertz CT molecular complexity index is 254. The summed E-state index contributed by atoms with van der Waals surface area (Å²) in [5, 5.41) is 3.40. The summed E-state index contributed by atoms with van der Waals surface area (Å²) in [6.07, 6.45) is 3.29. The smallest absolute Gasteiger partial charge is 0.0794 e. The summed E-state index contributed by atoms with van der Waals surface area (Å²) < 4.78 is 0. The molecule has 1 saturated heterocycles. The van der Waals surface area contributed by atoms with Crippen LogP contribution in [0.5, 0.6) is 0 Å². The van der Waals surface area contributed by atoms with Crippen LogP contribution in [0.4, 0.5) is 0 Å². The maximum atomic E-state index is 4.09. The molecule has 0 aromatic carbocycles. The third-order valence-electron chi connectivity index (χ3n) is 2.64. The van der Waals surface area contributed by atoms with E-state index in [2.05, 4.69) is 22.2 Å². The van der Waals surface area contributed by atoms with Crippen molar-refractivity contribution in [1.29, 1.82) is 0 Å². The summed E-state index contributed by atoms with van der Waals surface area (Å²) >= 11 is 1.74. The lowest BCUT2D eigenvalue weighted by molar-refractivity contribution is 0.280. The molecule has 0 bridgehead atoms. The van der Waals surface area contributed by atoms with E-state index in [1.165, 1.54) is 30.9 Å². The van der Waals surface area contributed by atoms with Gasteiger partial charge in [0.1, 0.15) is 0 Å². The lowest BCUT2D eigenvalue weighted by Crippen LogP contribution is -2.26. The third-order valence-corrected chi connectivity index (χ3v) is 3.41. The van der Waals surface area contributed by atoms with Crippen molar-refractivity contribution >= 4 is 11.3 Å². The lowest BCUT2D eigenvalue weighted by Gasteiger charge is -2.19. The van der Waals surface area contributed by atoms with Gasteiger partial charge in [0.05, 0.1) is 5.51 Å². The summed E-state index contributed by atoms with van der Waals surface area (Å²) in [5.74, 6) is 0.841. The Hall–Kier alpha value is -0.450. The molecule has 1 unspecified atom stereocenters. The Labute approximate surface area is 89.1 Å². The fraction of sp³-hybridized carbons (Fsp3) is 0.700. The van der Waals surface area contributed by atoms with Crippen molar-refractivity contribution in [3.8, 4) is 0 Å². The Balaban J connectivity index is 1.75. The standard InChI is InChI=1S/C10H17N3S/c1-13(6-9-2-3-11-4-9)7-10-5-12-8-14-10/h5,8-9,11H,2-4,6-7H2,1H3. The summed E-state index contributed by atoms with van der Waals surface area (Å²) in [6.45, 7) is 4.62. The molecule has 1 fully saturated rings. The van der Waals surface area contributed by atoms with E-state index in [4.69, 9.17) is 0 Å². The normalized spacial score (nSPS) is 22.0. The van der Waals surface area contributed by atoms with Gasteiger partial charge in [-0.15, -0.1) is 11.3 Å². The molecule has 0 aliphatic carbocycles. The maximum Gasteiger partial charge on any atom is 0.0794 e. The second kappa shape index (κ2) is 4.87. The highest BCUT2D eigenvalue weighted by molar-refractivity contribution is 7.09. The van der Waals surface area contributed by atoms with Gasteiger partial charge in [0.2, 0.25) is 0 Å². The van der Waals surface area contributed by atoms with Crippen LogP contribution in [-0.2, 0) is 6.54 Å². The number of hydrogen-bond acceptors (Lipinski definition) is 4. The predicted molar refractivity (Wildman–Crippen MR) is 59.4 cm³/mol. The second-order valence-electron chi connectivity index (χ2n) is 4.02. The Morgan fingerprint density at radius 2 is 2.64 bits per heavy atom. The molecule has 1 aliphatic rings. The van der Waals surface area contributed by atoms with Crippen LogP contribution < -0.4 is 5.32 Å². The lowest BCUT2D eigenvalue weighted by atomic mass is 10.1. The number of hydrogen-bond donors (Lipinski definition) is 1. The molecule has 2 heterocycles. The van der Waals surface area contributed by atoms with Crippen LogP contribution >= 0.6 is 11.3 Å².